The van der Waals surface area contributed by atoms with Crippen LogP contribution in [-0.4, -0.2) is 133 Å². The van der Waals surface area contributed by atoms with E-state index in [0.717, 1.165) is 0 Å². The summed E-state index contributed by atoms with van der Waals surface area (Å²) >= 11 is 16.0. The van der Waals surface area contributed by atoms with E-state index in [4.69, 9.17) is 28.4 Å². The van der Waals surface area contributed by atoms with Crippen LogP contribution in [0.15, 0.2) is 25.3 Å². The molecule has 0 fully saturated rings. The van der Waals surface area contributed by atoms with Crippen LogP contribution in [0.3, 0.4) is 0 Å². The van der Waals surface area contributed by atoms with Gasteiger partial charge >= 0.3 is 30.2 Å². The second kappa shape index (κ2) is 34.6. The smallest absolute Gasteiger partial charge is 0.465 e. The highest BCUT2D eigenvalue weighted by atomic mass is 32.1. The van der Waals surface area contributed by atoms with Crippen LogP contribution in [0.5, 0.6) is 0 Å². The summed E-state index contributed by atoms with van der Waals surface area (Å²) in [7, 11) is 0. The largest absolute Gasteiger partial charge is 0.508 e. The Balaban J connectivity index is 0. The molecule has 0 saturated carbocycles. The molecule has 0 aliphatic rings. The minimum atomic E-state index is -1.09. The van der Waals surface area contributed by atoms with E-state index in [1.165, 1.54) is 12.2 Å². The molecule has 15 nitrogen and oxygen atoms in total. The van der Waals surface area contributed by atoms with Crippen molar-refractivity contribution in [3.8, 4) is 0 Å². The quantitative estimate of drug-likeness (QED) is 0.0228. The molecule has 48 heavy (non-hydrogen) atoms. The Morgan fingerprint density at radius 2 is 0.896 bits per heavy atom. The maximum Gasteiger partial charge on any atom is 0.508 e. The SMILES string of the molecule is C=CCOC(=O)OCCOCCOC(=O)OCC=C.O=C(CCS)OCC(COCOCCS)(COC(=O)CCS)COC(=O)CCS. The lowest BCUT2D eigenvalue weighted by Crippen LogP contribution is -2.43. The predicted octanol–water partition coefficient (Wildman–Crippen LogP) is 3.16. The van der Waals surface area contributed by atoms with Gasteiger partial charge < -0.3 is 47.4 Å². The van der Waals surface area contributed by atoms with Gasteiger partial charge in [0.2, 0.25) is 0 Å². The third-order valence-corrected chi connectivity index (χ3v) is 5.76. The van der Waals surface area contributed by atoms with E-state index in [-0.39, 0.29) is 92.1 Å². The first-order valence-corrected chi connectivity index (χ1v) is 17.1. The zero-order chi connectivity index (χ0) is 36.3. The third kappa shape index (κ3) is 31.0. The lowest BCUT2D eigenvalue weighted by molar-refractivity contribution is -0.171. The Morgan fingerprint density at radius 3 is 1.25 bits per heavy atom. The molecule has 0 aromatic rings. The molecule has 0 heterocycles. The summed E-state index contributed by atoms with van der Waals surface area (Å²) < 4.78 is 50.0. The highest BCUT2D eigenvalue weighted by Gasteiger charge is 2.36. The minimum absolute atomic E-state index is 0.0317. The fourth-order valence-corrected chi connectivity index (χ4v) is 3.37. The zero-order valence-electron chi connectivity index (χ0n) is 26.9. The fraction of sp³-hybridized carbons (Fsp3) is 0.690. The van der Waals surface area contributed by atoms with Crippen molar-refractivity contribution in [2.75, 3.05) is 102 Å². The average Bonchev–Trinajstić information content (AvgIpc) is 3.07. The number of esters is 3. The molecule has 0 aromatic heterocycles. The van der Waals surface area contributed by atoms with Crippen LogP contribution in [0.25, 0.3) is 0 Å². The summed E-state index contributed by atoms with van der Waals surface area (Å²) in [4.78, 5) is 57.1. The summed E-state index contributed by atoms with van der Waals surface area (Å²) in [6.07, 6.45) is 1.64. The Labute approximate surface area is 303 Å². The molecule has 0 radical (unpaired) electrons. The first-order valence-electron chi connectivity index (χ1n) is 14.6. The minimum Gasteiger partial charge on any atom is -0.465 e. The summed E-state index contributed by atoms with van der Waals surface area (Å²) in [5, 5.41) is 0. The molecule has 0 rings (SSSR count). The van der Waals surface area contributed by atoms with Crippen molar-refractivity contribution in [1.29, 1.82) is 0 Å². The Morgan fingerprint density at radius 1 is 0.479 bits per heavy atom. The second-order valence-corrected chi connectivity index (χ2v) is 10.8. The Kier molecular flexibility index (Phi) is 34.4. The molecular formula is C29H48O15S4. The molecule has 0 amide bonds. The van der Waals surface area contributed by atoms with Crippen LogP contribution >= 0.6 is 50.5 Å². The summed E-state index contributed by atoms with van der Waals surface area (Å²) in [6.45, 7) is 7.21. The molecule has 278 valence electrons. The predicted molar refractivity (Wildman–Crippen MR) is 187 cm³/mol. The van der Waals surface area contributed by atoms with Crippen LogP contribution in [-0.2, 0) is 61.8 Å². The number of rotatable bonds is 28. The first-order chi connectivity index (χ1) is 23.1. The molecule has 0 aliphatic heterocycles. The van der Waals surface area contributed by atoms with Gasteiger partial charge in [0.05, 0.1) is 51.1 Å². The molecule has 0 aromatic carbocycles. The van der Waals surface area contributed by atoms with E-state index in [1.807, 2.05) is 0 Å². The number of thiol groups is 4. The first kappa shape index (κ1) is 47.8. The average molecular weight is 765 g/mol. The number of hydrogen-bond acceptors (Lipinski definition) is 19. The zero-order valence-corrected chi connectivity index (χ0v) is 30.5. The number of carbonyl (C=O) groups is 5. The summed E-state index contributed by atoms with van der Waals surface area (Å²) in [5.41, 5.74) is -1.09. The van der Waals surface area contributed by atoms with Crippen LogP contribution in [0, 0.1) is 5.41 Å². The van der Waals surface area contributed by atoms with Crippen LogP contribution in [0.1, 0.15) is 19.3 Å². The van der Waals surface area contributed by atoms with Crippen molar-refractivity contribution in [3.63, 3.8) is 0 Å². The Bertz CT molecular complexity index is 825. The van der Waals surface area contributed by atoms with Crippen molar-refractivity contribution in [1.82, 2.24) is 0 Å². The van der Waals surface area contributed by atoms with E-state index >= 15 is 0 Å². The van der Waals surface area contributed by atoms with Gasteiger partial charge in [-0.1, -0.05) is 25.3 Å². The van der Waals surface area contributed by atoms with Crippen LogP contribution in [0.2, 0.25) is 0 Å². The molecule has 0 spiro atoms. The lowest BCUT2D eigenvalue weighted by Gasteiger charge is -2.31. The van der Waals surface area contributed by atoms with Gasteiger partial charge in [0.15, 0.2) is 0 Å². The fourth-order valence-electron chi connectivity index (χ4n) is 2.69. The van der Waals surface area contributed by atoms with E-state index in [0.29, 0.717) is 29.6 Å². The van der Waals surface area contributed by atoms with Gasteiger partial charge in [-0.15, -0.1) is 0 Å². The van der Waals surface area contributed by atoms with E-state index < -0.39 is 35.6 Å². The molecule has 0 N–H and O–H groups in total. The van der Waals surface area contributed by atoms with E-state index in [2.05, 4.69) is 82.6 Å². The normalized spacial score (nSPS) is 10.4. The van der Waals surface area contributed by atoms with E-state index in [9.17, 15) is 24.0 Å². The number of carbonyl (C=O) groups excluding carboxylic acids is 5. The van der Waals surface area contributed by atoms with Gasteiger partial charge in [0.25, 0.3) is 0 Å². The van der Waals surface area contributed by atoms with Crippen molar-refractivity contribution in [2.24, 2.45) is 5.41 Å². The van der Waals surface area contributed by atoms with E-state index in [1.54, 1.807) is 0 Å². The molecule has 0 atom stereocenters. The van der Waals surface area contributed by atoms with Gasteiger partial charge in [-0.2, -0.15) is 50.5 Å². The molecule has 0 bridgehead atoms. The Hall–Kier alpha value is -2.29. The van der Waals surface area contributed by atoms with Gasteiger partial charge in [0.1, 0.15) is 53.0 Å². The molecular weight excluding hydrogens is 717 g/mol. The monoisotopic (exact) mass is 764 g/mol. The van der Waals surface area contributed by atoms with Gasteiger partial charge in [-0.3, -0.25) is 14.4 Å². The highest BCUT2D eigenvalue weighted by Crippen LogP contribution is 2.22. The maximum atomic E-state index is 11.8. The highest BCUT2D eigenvalue weighted by molar-refractivity contribution is 7.80. The number of hydrogen-bond donors (Lipinski definition) is 4. The third-order valence-electron chi connectivity index (χ3n) is 4.91. The molecule has 19 heteroatoms. The van der Waals surface area contributed by atoms with Crippen molar-refractivity contribution >= 4 is 80.7 Å². The van der Waals surface area contributed by atoms with Gasteiger partial charge in [0, 0.05) is 23.0 Å². The van der Waals surface area contributed by atoms with Crippen molar-refractivity contribution in [2.45, 2.75) is 19.3 Å². The van der Waals surface area contributed by atoms with Gasteiger partial charge in [-0.25, -0.2) is 9.59 Å². The molecule has 0 saturated heterocycles. The van der Waals surface area contributed by atoms with Crippen molar-refractivity contribution in [3.05, 3.63) is 25.3 Å². The van der Waals surface area contributed by atoms with Crippen molar-refractivity contribution < 1.29 is 71.3 Å². The standard InChI is InChI=1S/C17H30O8S4.C12H18O7/c18-14(1-5-26)23-10-17(9-22-13-21-4-8-29,11-24-15(19)2-6-27)12-25-16(20)3-7-28;1-3-5-16-11(13)18-9-7-15-8-10-19-12(14)17-6-4-2/h26-29H,1-13H2;3-4H,1-2,5-10H2. The summed E-state index contributed by atoms with van der Waals surface area (Å²) in [6, 6.07) is 0. The number of ether oxygens (including phenoxy) is 10. The maximum absolute atomic E-state index is 11.8. The summed E-state index contributed by atoms with van der Waals surface area (Å²) in [5.74, 6) is 0.0885. The molecule has 0 unspecified atom stereocenters. The molecule has 0 aliphatic carbocycles. The van der Waals surface area contributed by atoms with Crippen LogP contribution < -0.4 is 0 Å². The topological polar surface area (TPSA) is 178 Å². The lowest BCUT2D eigenvalue weighted by atomic mass is 9.92. The van der Waals surface area contributed by atoms with Gasteiger partial charge in [-0.05, 0) is 0 Å². The second-order valence-electron chi connectivity index (χ2n) is 9.01. The van der Waals surface area contributed by atoms with Crippen LogP contribution in [0.4, 0.5) is 9.59 Å².